The fraction of sp³-hybridized carbons (Fsp3) is 0.120. The maximum absolute atomic E-state index is 13.1. The van der Waals surface area contributed by atoms with Crippen molar-refractivity contribution in [3.8, 4) is 0 Å². The summed E-state index contributed by atoms with van der Waals surface area (Å²) in [6.07, 6.45) is 2.18. The minimum absolute atomic E-state index is 0.255. The predicted molar refractivity (Wildman–Crippen MR) is 128 cm³/mol. The number of aromatic nitrogens is 1. The minimum atomic E-state index is -0.805. The molecule has 4 rings (SSSR count). The average molecular weight is 466 g/mol. The second kappa shape index (κ2) is 9.90. The smallest absolute Gasteiger partial charge is 0.253 e. The molecule has 0 radical (unpaired) electrons. The van der Waals surface area contributed by atoms with Crippen molar-refractivity contribution in [3.05, 3.63) is 106 Å². The topological polar surface area (TPSA) is 74.0 Å². The summed E-state index contributed by atoms with van der Waals surface area (Å²) in [5.41, 5.74) is 3.01. The lowest BCUT2D eigenvalue weighted by Gasteiger charge is -2.19. The molecule has 0 aliphatic carbocycles. The van der Waals surface area contributed by atoms with Gasteiger partial charge in [0.2, 0.25) is 5.91 Å². The molecule has 32 heavy (non-hydrogen) atoms. The summed E-state index contributed by atoms with van der Waals surface area (Å²) >= 11 is 12.4. The highest BCUT2D eigenvalue weighted by atomic mass is 35.5. The first kappa shape index (κ1) is 21.9. The van der Waals surface area contributed by atoms with E-state index >= 15 is 0 Å². The van der Waals surface area contributed by atoms with Crippen LogP contribution in [0.15, 0.2) is 79.0 Å². The molecule has 1 atom stereocenters. The molecule has 0 bridgehead atoms. The summed E-state index contributed by atoms with van der Waals surface area (Å²) in [6, 6.07) is 21.1. The molecule has 7 heteroatoms. The van der Waals surface area contributed by atoms with E-state index in [1.807, 2.05) is 48.7 Å². The van der Waals surface area contributed by atoms with E-state index in [-0.39, 0.29) is 12.5 Å². The van der Waals surface area contributed by atoms with Crippen LogP contribution in [0.3, 0.4) is 0 Å². The normalized spacial score (nSPS) is 11.8. The summed E-state index contributed by atoms with van der Waals surface area (Å²) < 4.78 is 0. The number of hydrogen-bond donors (Lipinski definition) is 3. The molecule has 3 aromatic carbocycles. The number of benzene rings is 3. The Balaban J connectivity index is 1.56. The summed E-state index contributed by atoms with van der Waals surface area (Å²) in [6.45, 7) is 0.255. The van der Waals surface area contributed by atoms with E-state index in [1.165, 1.54) is 0 Å². The van der Waals surface area contributed by atoms with Crippen molar-refractivity contribution in [3.63, 3.8) is 0 Å². The van der Waals surface area contributed by atoms with Crippen LogP contribution in [-0.2, 0) is 17.8 Å². The van der Waals surface area contributed by atoms with Crippen LogP contribution in [0.5, 0.6) is 0 Å². The molecular formula is C25H21Cl2N3O2. The standard InChI is InChI=1S/C25H21Cl2N3O2/c26-20-10-4-1-7-16(20)14-29-25(32)23(30-24(31)19-9-2-5-11-21(19)27)13-17-15-28-22-12-6-3-8-18(17)22/h1-12,15,23,28H,13-14H2,(H,29,32)(H,30,31)/t23-/m0/s1. The molecule has 0 saturated heterocycles. The fourth-order valence-electron chi connectivity index (χ4n) is 3.56. The van der Waals surface area contributed by atoms with Crippen molar-refractivity contribution < 1.29 is 9.59 Å². The highest BCUT2D eigenvalue weighted by Gasteiger charge is 2.24. The largest absolute Gasteiger partial charge is 0.361 e. The quantitative estimate of drug-likeness (QED) is 0.353. The van der Waals surface area contributed by atoms with Crippen LogP contribution < -0.4 is 10.6 Å². The summed E-state index contributed by atoms with van der Waals surface area (Å²) in [4.78, 5) is 29.2. The minimum Gasteiger partial charge on any atom is -0.361 e. The molecule has 0 aliphatic heterocycles. The molecule has 162 valence electrons. The maximum Gasteiger partial charge on any atom is 0.253 e. The predicted octanol–water partition coefficient (Wildman–Crippen LogP) is 5.13. The fourth-order valence-corrected chi connectivity index (χ4v) is 3.98. The molecule has 0 saturated carbocycles. The first-order valence-corrected chi connectivity index (χ1v) is 10.9. The number of para-hydroxylation sites is 1. The van der Waals surface area contributed by atoms with E-state index in [0.29, 0.717) is 22.0 Å². The van der Waals surface area contributed by atoms with Crippen molar-refractivity contribution in [2.24, 2.45) is 0 Å². The first-order chi connectivity index (χ1) is 15.5. The second-order valence-electron chi connectivity index (χ2n) is 7.38. The molecule has 0 spiro atoms. The van der Waals surface area contributed by atoms with Crippen molar-refractivity contribution in [2.45, 2.75) is 19.0 Å². The van der Waals surface area contributed by atoms with E-state index in [9.17, 15) is 9.59 Å². The lowest BCUT2D eigenvalue weighted by molar-refractivity contribution is -0.123. The number of fused-ring (bicyclic) bond motifs is 1. The van der Waals surface area contributed by atoms with Gasteiger partial charge in [0.25, 0.3) is 5.91 Å². The highest BCUT2D eigenvalue weighted by Crippen LogP contribution is 2.20. The number of halogens is 2. The van der Waals surface area contributed by atoms with Gasteiger partial charge in [0.1, 0.15) is 6.04 Å². The summed E-state index contributed by atoms with van der Waals surface area (Å²) in [5, 5.41) is 7.64. The Hall–Kier alpha value is -3.28. The number of carbonyl (C=O) groups excluding carboxylic acids is 2. The molecule has 0 unspecified atom stereocenters. The van der Waals surface area contributed by atoms with Gasteiger partial charge in [-0.2, -0.15) is 0 Å². The van der Waals surface area contributed by atoms with Crippen LogP contribution in [0, 0.1) is 0 Å². The molecule has 0 aliphatic rings. The number of amides is 2. The Labute approximate surface area is 195 Å². The van der Waals surface area contributed by atoms with Gasteiger partial charge in [0.05, 0.1) is 10.6 Å². The molecule has 4 aromatic rings. The maximum atomic E-state index is 13.1. The molecule has 5 nitrogen and oxygen atoms in total. The van der Waals surface area contributed by atoms with Gasteiger partial charge in [-0.15, -0.1) is 0 Å². The molecular weight excluding hydrogens is 445 g/mol. The number of aromatic amines is 1. The Morgan fingerprint density at radius 1 is 0.844 bits per heavy atom. The zero-order valence-corrected chi connectivity index (χ0v) is 18.6. The zero-order chi connectivity index (χ0) is 22.5. The van der Waals surface area contributed by atoms with Crippen molar-refractivity contribution >= 4 is 45.9 Å². The van der Waals surface area contributed by atoms with Gasteiger partial charge >= 0.3 is 0 Å². The Morgan fingerprint density at radius 3 is 2.31 bits per heavy atom. The molecule has 0 fully saturated rings. The van der Waals surface area contributed by atoms with Crippen LogP contribution in [0.2, 0.25) is 10.0 Å². The third-order valence-corrected chi connectivity index (χ3v) is 5.95. The number of H-pyrrole nitrogens is 1. The van der Waals surface area contributed by atoms with E-state index < -0.39 is 11.9 Å². The van der Waals surface area contributed by atoms with Crippen LogP contribution in [0.1, 0.15) is 21.5 Å². The number of carbonyl (C=O) groups is 2. The first-order valence-electron chi connectivity index (χ1n) is 10.1. The van der Waals surface area contributed by atoms with Gasteiger partial charge in [-0.05, 0) is 35.4 Å². The van der Waals surface area contributed by atoms with Crippen molar-refractivity contribution in [1.29, 1.82) is 0 Å². The SMILES string of the molecule is O=C(N[C@@H](Cc1c[nH]c2ccccc12)C(=O)NCc1ccccc1Cl)c1ccccc1Cl. The van der Waals surface area contributed by atoms with Gasteiger partial charge in [-0.25, -0.2) is 0 Å². The molecule has 1 aromatic heterocycles. The average Bonchev–Trinajstić information content (AvgIpc) is 3.21. The van der Waals surface area contributed by atoms with Crippen LogP contribution in [0.25, 0.3) is 10.9 Å². The number of hydrogen-bond acceptors (Lipinski definition) is 2. The third-order valence-electron chi connectivity index (χ3n) is 5.25. The Kier molecular flexibility index (Phi) is 6.78. The second-order valence-corrected chi connectivity index (χ2v) is 8.19. The molecule has 1 heterocycles. The van der Waals surface area contributed by atoms with Gasteiger partial charge in [-0.3, -0.25) is 9.59 Å². The van der Waals surface area contributed by atoms with Crippen LogP contribution in [-0.4, -0.2) is 22.8 Å². The lowest BCUT2D eigenvalue weighted by Crippen LogP contribution is -2.47. The van der Waals surface area contributed by atoms with Crippen molar-refractivity contribution in [2.75, 3.05) is 0 Å². The molecule has 3 N–H and O–H groups in total. The summed E-state index contributed by atoms with van der Waals surface area (Å²) in [5.74, 6) is -0.719. The number of nitrogens with one attached hydrogen (secondary N) is 3. The van der Waals surface area contributed by atoms with E-state index in [2.05, 4.69) is 15.6 Å². The van der Waals surface area contributed by atoms with Gasteiger partial charge < -0.3 is 15.6 Å². The van der Waals surface area contributed by atoms with Crippen molar-refractivity contribution in [1.82, 2.24) is 15.6 Å². The Bertz CT molecular complexity index is 1270. The highest BCUT2D eigenvalue weighted by molar-refractivity contribution is 6.33. The van der Waals surface area contributed by atoms with E-state index in [4.69, 9.17) is 23.2 Å². The van der Waals surface area contributed by atoms with Gasteiger partial charge in [-0.1, -0.05) is 71.7 Å². The lowest BCUT2D eigenvalue weighted by atomic mass is 10.0. The monoisotopic (exact) mass is 465 g/mol. The van der Waals surface area contributed by atoms with Gasteiger partial charge in [0.15, 0.2) is 0 Å². The van der Waals surface area contributed by atoms with E-state index in [1.54, 1.807) is 30.3 Å². The van der Waals surface area contributed by atoms with Crippen LogP contribution >= 0.6 is 23.2 Å². The number of rotatable bonds is 7. The van der Waals surface area contributed by atoms with Crippen LogP contribution in [0.4, 0.5) is 0 Å². The molecule has 2 amide bonds. The Morgan fingerprint density at radius 2 is 1.53 bits per heavy atom. The van der Waals surface area contributed by atoms with E-state index in [0.717, 1.165) is 22.0 Å². The third kappa shape index (κ3) is 4.96. The summed E-state index contributed by atoms with van der Waals surface area (Å²) in [7, 11) is 0. The zero-order valence-electron chi connectivity index (χ0n) is 17.1. The van der Waals surface area contributed by atoms with Gasteiger partial charge in [0, 0.05) is 35.1 Å².